The molecule has 0 aliphatic heterocycles. The van der Waals surface area contributed by atoms with Crippen molar-refractivity contribution in [2.75, 3.05) is 0 Å². The van der Waals surface area contributed by atoms with Crippen molar-refractivity contribution < 1.29 is 19.7 Å². The summed E-state index contributed by atoms with van der Waals surface area (Å²) in [5.41, 5.74) is 8.88. The minimum absolute atomic E-state index is 0.0152. The van der Waals surface area contributed by atoms with E-state index >= 15 is 0 Å². The number of nitrogens with zero attached hydrogens (tertiary/aromatic N) is 2. The van der Waals surface area contributed by atoms with Gasteiger partial charge in [-0.2, -0.15) is 5.10 Å². The van der Waals surface area contributed by atoms with Crippen LogP contribution in [0.5, 0.6) is 0 Å². The molecule has 34 heavy (non-hydrogen) atoms. The van der Waals surface area contributed by atoms with Gasteiger partial charge in [0.2, 0.25) is 5.88 Å². The lowest BCUT2D eigenvalue weighted by Gasteiger charge is -2.32. The Hall–Kier alpha value is -3.04. The van der Waals surface area contributed by atoms with Crippen molar-refractivity contribution in [1.82, 2.24) is 15.2 Å². The Morgan fingerprint density at radius 1 is 1.09 bits per heavy atom. The molecule has 1 aromatic heterocycles. The second-order valence-electron chi connectivity index (χ2n) is 9.09. The van der Waals surface area contributed by atoms with Crippen LogP contribution in [0.1, 0.15) is 64.2 Å². The fraction of sp³-hybridized carbons (Fsp3) is 0.520. The van der Waals surface area contributed by atoms with Crippen molar-refractivity contribution >= 4 is 5.97 Å². The number of carboxylic acid groups (broad SMARTS) is 1. The number of hydrogen-bond acceptors (Lipinski definition) is 7. The number of nitrogens with two attached hydrogens (primary N) is 2. The van der Waals surface area contributed by atoms with Crippen molar-refractivity contribution in [2.45, 2.75) is 82.5 Å². The zero-order valence-corrected chi connectivity index (χ0v) is 19.7. The van der Waals surface area contributed by atoms with Crippen LogP contribution in [-0.2, 0) is 16.1 Å². The number of nitrogens with one attached hydrogen (secondary N) is 1. The van der Waals surface area contributed by atoms with Crippen LogP contribution in [0.3, 0.4) is 0 Å². The van der Waals surface area contributed by atoms with Crippen LogP contribution in [0.2, 0.25) is 0 Å². The van der Waals surface area contributed by atoms with E-state index in [1.165, 1.54) is 12.8 Å². The first kappa shape index (κ1) is 25.6. The Bertz CT molecular complexity index is 932. The van der Waals surface area contributed by atoms with Gasteiger partial charge in [-0.15, -0.1) is 0 Å². The van der Waals surface area contributed by atoms with E-state index in [0.717, 1.165) is 62.6 Å². The van der Waals surface area contributed by atoms with Crippen molar-refractivity contribution in [3.63, 3.8) is 0 Å². The monoisotopic (exact) mass is 471 g/mol. The lowest BCUT2D eigenvalue weighted by Crippen LogP contribution is -2.36. The molecule has 9 nitrogen and oxygen atoms in total. The molecule has 2 fully saturated rings. The van der Waals surface area contributed by atoms with Gasteiger partial charge in [0.15, 0.2) is 5.70 Å². The Morgan fingerprint density at radius 2 is 1.74 bits per heavy atom. The normalized spacial score (nSPS) is 18.8. The first-order valence-electron chi connectivity index (χ1n) is 12.1. The van der Waals surface area contributed by atoms with E-state index < -0.39 is 11.6 Å². The van der Waals surface area contributed by atoms with Crippen LogP contribution < -0.4 is 17.0 Å². The van der Waals surface area contributed by atoms with Crippen molar-refractivity contribution in [1.29, 1.82) is 0 Å². The molecule has 186 valence electrons. The number of aliphatic hydroxyl groups is 1. The number of carboxylic acids is 1. The maximum Gasteiger partial charge on any atom is 0.358 e. The minimum Gasteiger partial charge on any atom is -0.476 e. The predicted molar refractivity (Wildman–Crippen MR) is 130 cm³/mol. The molecule has 0 radical (unpaired) electrons. The molecular weight excluding hydrogens is 434 g/mol. The van der Waals surface area contributed by atoms with Gasteiger partial charge in [0.1, 0.15) is 6.10 Å². The number of rotatable bonds is 7. The van der Waals surface area contributed by atoms with Gasteiger partial charge in [-0.05, 0) is 50.2 Å². The van der Waals surface area contributed by atoms with E-state index in [0.29, 0.717) is 6.54 Å². The minimum atomic E-state index is -1.22. The highest BCUT2D eigenvalue weighted by molar-refractivity contribution is 5.86. The van der Waals surface area contributed by atoms with Crippen molar-refractivity contribution in [3.8, 4) is 11.3 Å². The Balaban J connectivity index is 0.000000197. The zero-order valence-electron chi connectivity index (χ0n) is 19.7. The third-order valence-electron chi connectivity index (χ3n) is 6.46. The van der Waals surface area contributed by atoms with Crippen LogP contribution in [0.25, 0.3) is 11.3 Å². The lowest BCUT2D eigenvalue weighted by molar-refractivity contribution is -0.133. The number of ether oxygens (including phenoxy) is 1. The third-order valence-corrected chi connectivity index (χ3v) is 6.46. The number of hydrogen-bond donors (Lipinski definition) is 5. The third kappa shape index (κ3) is 7.23. The second-order valence-corrected chi connectivity index (χ2v) is 9.09. The highest BCUT2D eigenvalue weighted by Gasteiger charge is 2.30. The molecule has 4 rings (SSSR count). The van der Waals surface area contributed by atoms with Crippen molar-refractivity contribution in [3.05, 3.63) is 54.2 Å². The number of benzene rings is 1. The molecule has 0 spiro atoms. The van der Waals surface area contributed by atoms with Gasteiger partial charge in [-0.3, -0.25) is 10.5 Å². The smallest absolute Gasteiger partial charge is 0.358 e. The van der Waals surface area contributed by atoms with Gasteiger partial charge in [-0.1, -0.05) is 56.0 Å². The standard InChI is InChI=1S/C16H20N2O.C9H17N3O3/c19-16(10-5-2-6-11-16)13-18-15(9-12-17-18)14-7-3-1-4-8-14;10-8(7(12-11)9(13)14)15-6-4-2-1-3-5-6/h1,3-4,7-9,12,19H,2,5-6,10-11,13H2;6,12H,1-5,10-11H2,(H,13,14)/b;8-7+. The number of hydrazine groups is 1. The summed E-state index contributed by atoms with van der Waals surface area (Å²) in [4.78, 5) is 10.7. The molecule has 2 aromatic rings. The van der Waals surface area contributed by atoms with E-state index in [-0.39, 0.29) is 17.7 Å². The summed E-state index contributed by atoms with van der Waals surface area (Å²) < 4.78 is 7.28. The molecular formula is C25H37N5O4. The van der Waals surface area contributed by atoms with Gasteiger partial charge in [-0.25, -0.2) is 4.79 Å². The average molecular weight is 472 g/mol. The molecule has 0 amide bonds. The molecule has 1 heterocycles. The van der Waals surface area contributed by atoms with Crippen LogP contribution in [0, 0.1) is 0 Å². The maximum atomic E-state index is 10.7. The van der Waals surface area contributed by atoms with E-state index in [4.69, 9.17) is 21.4 Å². The molecule has 0 saturated heterocycles. The van der Waals surface area contributed by atoms with E-state index in [1.807, 2.05) is 40.6 Å². The molecule has 2 aliphatic carbocycles. The van der Waals surface area contributed by atoms with Crippen molar-refractivity contribution in [2.24, 2.45) is 11.6 Å². The summed E-state index contributed by atoms with van der Waals surface area (Å²) in [5, 5.41) is 23.8. The van der Waals surface area contributed by atoms with Crippen LogP contribution in [-0.4, -0.2) is 37.7 Å². The quantitative estimate of drug-likeness (QED) is 0.179. The topological polar surface area (TPSA) is 149 Å². The second kappa shape index (κ2) is 12.4. The first-order valence-corrected chi connectivity index (χ1v) is 12.1. The number of aliphatic carboxylic acids is 1. The molecule has 9 heteroatoms. The van der Waals surface area contributed by atoms with E-state index in [9.17, 15) is 9.90 Å². The molecule has 1 aromatic carbocycles. The maximum absolute atomic E-state index is 10.7. The number of aromatic nitrogens is 2. The Kier molecular flexibility index (Phi) is 9.35. The molecule has 7 N–H and O–H groups in total. The fourth-order valence-corrected chi connectivity index (χ4v) is 4.62. The highest BCUT2D eigenvalue weighted by atomic mass is 16.5. The SMILES string of the molecule is NN/C(C(=O)O)=C(\N)OC1CCCCC1.OC1(Cn2nccc2-c2ccccc2)CCCCC1. The summed E-state index contributed by atoms with van der Waals surface area (Å²) in [6.07, 6.45) is 12.3. The fourth-order valence-electron chi connectivity index (χ4n) is 4.62. The van der Waals surface area contributed by atoms with Crippen LogP contribution in [0.4, 0.5) is 0 Å². The molecule has 0 bridgehead atoms. The highest BCUT2D eigenvalue weighted by Crippen LogP contribution is 2.31. The number of carbonyl (C=O) groups is 1. The summed E-state index contributed by atoms with van der Waals surface area (Å²) in [7, 11) is 0. The molecule has 2 aliphatic rings. The van der Waals surface area contributed by atoms with Gasteiger partial charge < -0.3 is 26.1 Å². The van der Waals surface area contributed by atoms with Gasteiger partial charge in [0, 0.05) is 6.20 Å². The van der Waals surface area contributed by atoms with Gasteiger partial charge >= 0.3 is 5.97 Å². The van der Waals surface area contributed by atoms with Gasteiger partial charge in [0.05, 0.1) is 17.8 Å². The van der Waals surface area contributed by atoms with Crippen LogP contribution >= 0.6 is 0 Å². The molecule has 0 unspecified atom stereocenters. The zero-order chi connectivity index (χ0) is 24.4. The van der Waals surface area contributed by atoms with E-state index in [2.05, 4.69) is 17.2 Å². The van der Waals surface area contributed by atoms with E-state index in [1.54, 1.807) is 0 Å². The predicted octanol–water partition coefficient (Wildman–Crippen LogP) is 3.26. The summed E-state index contributed by atoms with van der Waals surface area (Å²) >= 11 is 0. The molecule has 2 saturated carbocycles. The first-order chi connectivity index (χ1) is 16.4. The van der Waals surface area contributed by atoms with Crippen LogP contribution in [0.15, 0.2) is 54.2 Å². The average Bonchev–Trinajstić information content (AvgIpc) is 3.29. The summed E-state index contributed by atoms with van der Waals surface area (Å²) in [6, 6.07) is 12.3. The lowest BCUT2D eigenvalue weighted by atomic mass is 9.85. The Morgan fingerprint density at radius 3 is 2.35 bits per heavy atom. The Labute approximate surface area is 200 Å². The summed E-state index contributed by atoms with van der Waals surface area (Å²) in [5.74, 6) is 3.67. The largest absolute Gasteiger partial charge is 0.476 e. The van der Waals surface area contributed by atoms with Gasteiger partial charge in [0.25, 0.3) is 0 Å². The molecule has 0 atom stereocenters. The summed E-state index contributed by atoms with van der Waals surface area (Å²) in [6.45, 7) is 0.601.